The van der Waals surface area contributed by atoms with Crippen molar-refractivity contribution >= 4 is 34.6 Å². The Labute approximate surface area is 151 Å². The first kappa shape index (κ1) is 18.9. The fourth-order valence-corrected chi connectivity index (χ4v) is 1.72. The number of Topliss-reactive ketones (excluding diaryl/α,β-unsaturated/α-hetero) is 2. The zero-order valence-corrected chi connectivity index (χ0v) is 15.1. The number of hydrazone groups is 2. The second-order valence-electron chi connectivity index (χ2n) is 5.55. The van der Waals surface area contributed by atoms with Crippen LogP contribution in [-0.4, -0.2) is 33.0 Å². The third kappa shape index (κ3) is 5.30. The van der Waals surface area contributed by atoms with E-state index in [9.17, 15) is 9.59 Å². The first-order valence-electron chi connectivity index (χ1n) is 7.94. The molecule has 0 saturated heterocycles. The second-order valence-corrected chi connectivity index (χ2v) is 5.55. The molecule has 134 valence electrons. The molecule has 2 N–H and O–H groups in total. The van der Waals surface area contributed by atoms with Crippen molar-refractivity contribution in [1.82, 2.24) is 9.97 Å². The van der Waals surface area contributed by atoms with E-state index in [1.165, 1.54) is 13.8 Å². The molecule has 0 amide bonds. The number of nitrogens with one attached hydrogen (secondary N) is 2. The molecule has 0 unspecified atom stereocenters. The minimum atomic E-state index is -0.115. The summed E-state index contributed by atoms with van der Waals surface area (Å²) in [5.74, 6) is 0.758. The van der Waals surface area contributed by atoms with Gasteiger partial charge in [-0.1, -0.05) is 12.1 Å². The molecule has 0 atom stereocenters. The number of ketones is 2. The maximum absolute atomic E-state index is 11.2. The Bertz CT molecular complexity index is 815. The van der Waals surface area contributed by atoms with Crippen molar-refractivity contribution in [3.63, 3.8) is 0 Å². The van der Waals surface area contributed by atoms with Crippen molar-refractivity contribution < 1.29 is 9.59 Å². The van der Waals surface area contributed by atoms with Crippen molar-refractivity contribution in [2.24, 2.45) is 10.2 Å². The Morgan fingerprint density at radius 1 is 0.731 bits per heavy atom. The van der Waals surface area contributed by atoms with E-state index in [-0.39, 0.29) is 11.6 Å². The van der Waals surface area contributed by atoms with Gasteiger partial charge in [0.2, 0.25) is 0 Å². The molecule has 0 spiro atoms. The summed E-state index contributed by atoms with van der Waals surface area (Å²) in [6, 6.07) is 10.7. The fourth-order valence-electron chi connectivity index (χ4n) is 1.72. The van der Waals surface area contributed by atoms with Crippen molar-refractivity contribution in [1.29, 1.82) is 0 Å². The van der Waals surface area contributed by atoms with Gasteiger partial charge < -0.3 is 0 Å². The van der Waals surface area contributed by atoms with Crippen LogP contribution in [0.1, 0.15) is 27.7 Å². The van der Waals surface area contributed by atoms with Gasteiger partial charge >= 0.3 is 0 Å². The van der Waals surface area contributed by atoms with Gasteiger partial charge in [0.25, 0.3) is 0 Å². The van der Waals surface area contributed by atoms with Gasteiger partial charge in [0.15, 0.2) is 11.6 Å². The van der Waals surface area contributed by atoms with E-state index in [2.05, 4.69) is 31.0 Å². The molecule has 0 saturated carbocycles. The fraction of sp³-hybridized carbons (Fsp3) is 0.222. The van der Waals surface area contributed by atoms with E-state index in [0.717, 1.165) is 0 Å². The van der Waals surface area contributed by atoms with Crippen molar-refractivity contribution in [3.8, 4) is 11.4 Å². The van der Waals surface area contributed by atoms with Gasteiger partial charge in [-0.3, -0.25) is 20.4 Å². The molecule has 0 radical (unpaired) electrons. The van der Waals surface area contributed by atoms with E-state index in [0.29, 0.717) is 34.4 Å². The van der Waals surface area contributed by atoms with Crippen LogP contribution in [0, 0.1) is 0 Å². The normalized spacial score (nSPS) is 11.8. The van der Waals surface area contributed by atoms with Gasteiger partial charge in [0, 0.05) is 13.8 Å². The summed E-state index contributed by atoms with van der Waals surface area (Å²) in [4.78, 5) is 31.3. The molecule has 2 aromatic heterocycles. The van der Waals surface area contributed by atoms with Crippen LogP contribution in [0.5, 0.6) is 0 Å². The average molecular weight is 352 g/mol. The second kappa shape index (κ2) is 8.61. The van der Waals surface area contributed by atoms with Crippen LogP contribution < -0.4 is 10.9 Å². The Morgan fingerprint density at radius 2 is 1.12 bits per heavy atom. The summed E-state index contributed by atoms with van der Waals surface area (Å²) in [7, 11) is 0. The highest BCUT2D eigenvalue weighted by Crippen LogP contribution is 2.18. The molecule has 2 rings (SSSR count). The van der Waals surface area contributed by atoms with E-state index in [1.807, 2.05) is 24.3 Å². The number of anilines is 2. The number of hydrogen-bond donors (Lipinski definition) is 2. The summed E-state index contributed by atoms with van der Waals surface area (Å²) in [5.41, 5.74) is 7.49. The largest absolute Gasteiger partial charge is 0.293 e. The molecule has 8 nitrogen and oxygen atoms in total. The number of hydrogen-bond acceptors (Lipinski definition) is 8. The van der Waals surface area contributed by atoms with Crippen LogP contribution in [0.2, 0.25) is 0 Å². The van der Waals surface area contributed by atoms with Crippen LogP contribution in [0.15, 0.2) is 46.6 Å². The Morgan fingerprint density at radius 3 is 1.46 bits per heavy atom. The minimum Gasteiger partial charge on any atom is -0.293 e. The molecule has 0 aromatic carbocycles. The zero-order valence-electron chi connectivity index (χ0n) is 15.1. The highest BCUT2D eigenvalue weighted by Gasteiger charge is 2.05. The SMILES string of the molecule is CC(=O)/C(C)=N/Nc1cccc(-c2cccc(N/N=C(\C)C(C)=O)n2)n1. The van der Waals surface area contributed by atoms with Crippen LogP contribution in [0.3, 0.4) is 0 Å². The number of nitrogens with zero attached hydrogens (tertiary/aromatic N) is 4. The quantitative estimate of drug-likeness (QED) is 0.586. The molecule has 0 aliphatic rings. The number of pyridine rings is 2. The monoisotopic (exact) mass is 352 g/mol. The Hall–Kier alpha value is -3.42. The minimum absolute atomic E-state index is 0.115. The van der Waals surface area contributed by atoms with Gasteiger partial charge in [-0.15, -0.1) is 0 Å². The third-order valence-electron chi connectivity index (χ3n) is 3.46. The summed E-state index contributed by atoms with van der Waals surface area (Å²) in [5, 5.41) is 7.97. The molecule has 0 aliphatic carbocycles. The molecule has 2 heterocycles. The maximum Gasteiger partial charge on any atom is 0.175 e. The van der Waals surface area contributed by atoms with Crippen LogP contribution in [0.25, 0.3) is 11.4 Å². The first-order chi connectivity index (χ1) is 12.4. The molecular weight excluding hydrogens is 332 g/mol. The first-order valence-corrected chi connectivity index (χ1v) is 7.94. The number of carbonyl (C=O) groups excluding carboxylic acids is 2. The summed E-state index contributed by atoms with van der Waals surface area (Å²) in [6.45, 7) is 6.14. The van der Waals surface area contributed by atoms with E-state index in [1.54, 1.807) is 26.0 Å². The van der Waals surface area contributed by atoms with Crippen LogP contribution in [0.4, 0.5) is 11.6 Å². The lowest BCUT2D eigenvalue weighted by atomic mass is 10.2. The molecular formula is C18H20N6O2. The Balaban J connectivity index is 2.21. The molecule has 8 heteroatoms. The predicted octanol–water partition coefficient (Wildman–Crippen LogP) is 2.90. The van der Waals surface area contributed by atoms with Crippen molar-refractivity contribution in [3.05, 3.63) is 36.4 Å². The van der Waals surface area contributed by atoms with Crippen LogP contribution in [-0.2, 0) is 9.59 Å². The lowest BCUT2D eigenvalue weighted by molar-refractivity contribution is -0.111. The topological polar surface area (TPSA) is 109 Å². The average Bonchev–Trinajstić information content (AvgIpc) is 2.64. The highest BCUT2D eigenvalue weighted by molar-refractivity contribution is 6.38. The molecule has 0 aliphatic heterocycles. The van der Waals surface area contributed by atoms with E-state index in [4.69, 9.17) is 0 Å². The van der Waals surface area contributed by atoms with Gasteiger partial charge in [0.1, 0.15) is 23.1 Å². The summed E-state index contributed by atoms with van der Waals surface area (Å²) in [6.07, 6.45) is 0. The van der Waals surface area contributed by atoms with Gasteiger partial charge in [0.05, 0.1) is 11.4 Å². The highest BCUT2D eigenvalue weighted by atomic mass is 16.1. The van der Waals surface area contributed by atoms with E-state index >= 15 is 0 Å². The zero-order chi connectivity index (χ0) is 19.1. The van der Waals surface area contributed by atoms with Gasteiger partial charge in [-0.25, -0.2) is 9.97 Å². The molecule has 26 heavy (non-hydrogen) atoms. The van der Waals surface area contributed by atoms with Crippen molar-refractivity contribution in [2.75, 3.05) is 10.9 Å². The van der Waals surface area contributed by atoms with E-state index < -0.39 is 0 Å². The molecule has 2 aromatic rings. The molecule has 0 bridgehead atoms. The smallest absolute Gasteiger partial charge is 0.175 e. The maximum atomic E-state index is 11.2. The standard InChI is InChI=1S/C18H20N6O2/c1-11(13(3)25)21-23-17-9-5-7-15(19-17)16-8-6-10-18(20-16)24-22-12(2)14(4)26/h5-10H,1-4H3,(H,19,23)(H,20,24)/b21-11+,22-12+. The lowest BCUT2D eigenvalue weighted by Crippen LogP contribution is -2.08. The van der Waals surface area contributed by atoms with Crippen LogP contribution >= 0.6 is 0 Å². The summed E-state index contributed by atoms with van der Waals surface area (Å²) >= 11 is 0. The lowest BCUT2D eigenvalue weighted by Gasteiger charge is -2.06. The van der Waals surface area contributed by atoms with Crippen molar-refractivity contribution in [2.45, 2.75) is 27.7 Å². The molecule has 0 fully saturated rings. The number of rotatable bonds is 7. The number of aromatic nitrogens is 2. The van der Waals surface area contributed by atoms with Gasteiger partial charge in [-0.2, -0.15) is 10.2 Å². The number of carbonyl (C=O) groups is 2. The predicted molar refractivity (Wildman–Crippen MR) is 102 cm³/mol. The third-order valence-corrected chi connectivity index (χ3v) is 3.46. The summed E-state index contributed by atoms with van der Waals surface area (Å²) < 4.78 is 0. The Kier molecular flexibility index (Phi) is 6.26. The van der Waals surface area contributed by atoms with Gasteiger partial charge in [-0.05, 0) is 38.1 Å².